The molecule has 200 valence electrons. The number of hydrogen-bond acceptors (Lipinski definition) is 6. The summed E-state index contributed by atoms with van der Waals surface area (Å²) in [6.07, 6.45) is 0. The number of hydrogen-bond donors (Lipinski definition) is 5. The first-order valence-corrected chi connectivity index (χ1v) is 12.9. The van der Waals surface area contributed by atoms with Gasteiger partial charge in [-0.1, -0.05) is 24.3 Å². The third-order valence-corrected chi connectivity index (χ3v) is 7.15. The Kier molecular flexibility index (Phi) is 7.40. The second kappa shape index (κ2) is 10.7. The summed E-state index contributed by atoms with van der Waals surface area (Å²) >= 11 is 0. The van der Waals surface area contributed by atoms with Crippen LogP contribution >= 0.6 is 0 Å². The van der Waals surface area contributed by atoms with E-state index in [1.807, 2.05) is 31.1 Å². The van der Waals surface area contributed by atoms with Gasteiger partial charge in [0, 0.05) is 47.6 Å². The van der Waals surface area contributed by atoms with E-state index in [4.69, 9.17) is 0 Å². The quantitative estimate of drug-likeness (QED) is 0.210. The van der Waals surface area contributed by atoms with Crippen molar-refractivity contribution in [3.8, 4) is 0 Å². The smallest absolute Gasteiger partial charge is 0.335 e. The van der Waals surface area contributed by atoms with Crippen molar-refractivity contribution < 1.29 is 33.0 Å². The number of carboxylic acids is 2. The lowest BCUT2D eigenvalue weighted by molar-refractivity contribution is 0.0696. The first kappa shape index (κ1) is 26.9. The fourth-order valence-electron chi connectivity index (χ4n) is 3.96. The molecule has 5 N–H and O–H groups in total. The van der Waals surface area contributed by atoms with Crippen LogP contribution < -0.4 is 20.3 Å². The van der Waals surface area contributed by atoms with Gasteiger partial charge in [0.2, 0.25) is 0 Å². The summed E-state index contributed by atoms with van der Waals surface area (Å²) in [6.45, 7) is 0. The van der Waals surface area contributed by atoms with E-state index < -0.39 is 28.0 Å². The Morgan fingerprint density at radius 2 is 1.23 bits per heavy atom. The number of carbonyl (C=O) groups is 3. The van der Waals surface area contributed by atoms with E-state index in [0.717, 1.165) is 29.3 Å². The number of carbonyl (C=O) groups excluding carboxylic acids is 1. The molecule has 2 amide bonds. The molecule has 4 aromatic rings. The van der Waals surface area contributed by atoms with Gasteiger partial charge in [0.1, 0.15) is 0 Å². The highest BCUT2D eigenvalue weighted by Crippen LogP contribution is 2.31. The predicted octanol–water partition coefficient (Wildman–Crippen LogP) is 4.75. The minimum atomic E-state index is -3.95. The molecule has 4 rings (SSSR count). The highest BCUT2D eigenvalue weighted by molar-refractivity contribution is 7.93. The molecule has 0 aliphatic carbocycles. The molecule has 0 saturated carbocycles. The zero-order valence-electron chi connectivity index (χ0n) is 20.8. The van der Waals surface area contributed by atoms with Gasteiger partial charge in [-0.2, -0.15) is 0 Å². The molecule has 0 aliphatic rings. The SMILES string of the molecule is CN(C)c1cccc2c(S(=O)(=O)Nc3ccc(NC(=O)Nc4cc(C(=O)O)cc(C(=O)O)c4)cc3)cccc12. The monoisotopic (exact) mass is 548 g/mol. The van der Waals surface area contributed by atoms with Gasteiger partial charge in [0.25, 0.3) is 10.0 Å². The van der Waals surface area contributed by atoms with E-state index in [2.05, 4.69) is 15.4 Å². The maximum absolute atomic E-state index is 13.2. The second-order valence-electron chi connectivity index (χ2n) is 8.69. The van der Waals surface area contributed by atoms with E-state index in [-0.39, 0.29) is 27.4 Å². The number of sulfonamides is 1. The Morgan fingerprint density at radius 1 is 0.692 bits per heavy atom. The molecule has 0 unspecified atom stereocenters. The maximum atomic E-state index is 13.2. The van der Waals surface area contributed by atoms with Crippen LogP contribution in [0.3, 0.4) is 0 Å². The number of carboxylic acid groups (broad SMARTS) is 2. The van der Waals surface area contributed by atoms with Crippen LogP contribution in [0.1, 0.15) is 20.7 Å². The lowest BCUT2D eigenvalue weighted by atomic mass is 10.1. The molecule has 11 nitrogen and oxygen atoms in total. The zero-order chi connectivity index (χ0) is 28.3. The van der Waals surface area contributed by atoms with Gasteiger partial charge >= 0.3 is 18.0 Å². The summed E-state index contributed by atoms with van der Waals surface area (Å²) in [6, 6.07) is 18.9. The third-order valence-electron chi connectivity index (χ3n) is 5.71. The summed E-state index contributed by atoms with van der Waals surface area (Å²) < 4.78 is 29.0. The van der Waals surface area contributed by atoms with Gasteiger partial charge in [-0.25, -0.2) is 22.8 Å². The standard InChI is InChI=1S/C27H24N4O7S/c1-31(2)23-7-3-6-22-21(23)5-4-8-24(22)39(37,38)30-19-11-9-18(10-12-19)28-27(36)29-20-14-16(25(32)33)13-17(15-20)26(34)35/h3-15,30H,1-2H3,(H,32,33)(H,34,35)(H2,28,29,36). The number of benzene rings is 4. The van der Waals surface area contributed by atoms with Gasteiger partial charge in [-0.3, -0.25) is 4.72 Å². The number of nitrogens with zero attached hydrogens (tertiary/aromatic N) is 1. The molecule has 39 heavy (non-hydrogen) atoms. The highest BCUT2D eigenvalue weighted by atomic mass is 32.2. The minimum absolute atomic E-state index is 0.0262. The van der Waals surface area contributed by atoms with Crippen molar-refractivity contribution in [3.63, 3.8) is 0 Å². The van der Waals surface area contributed by atoms with Crippen molar-refractivity contribution in [2.45, 2.75) is 4.90 Å². The lowest BCUT2D eigenvalue weighted by Crippen LogP contribution is -2.20. The fraction of sp³-hybridized carbons (Fsp3) is 0.0741. The van der Waals surface area contributed by atoms with Gasteiger partial charge in [-0.15, -0.1) is 0 Å². The molecule has 0 saturated heterocycles. The predicted molar refractivity (Wildman–Crippen MR) is 149 cm³/mol. The van der Waals surface area contributed by atoms with Crippen LogP contribution in [0.25, 0.3) is 10.8 Å². The lowest BCUT2D eigenvalue weighted by Gasteiger charge is -2.17. The molecule has 0 heterocycles. The van der Waals surface area contributed by atoms with E-state index >= 15 is 0 Å². The topological polar surface area (TPSA) is 165 Å². The van der Waals surface area contributed by atoms with Gasteiger partial charge in [-0.05, 0) is 54.6 Å². The highest BCUT2D eigenvalue weighted by Gasteiger charge is 2.19. The molecule has 0 bridgehead atoms. The van der Waals surface area contributed by atoms with Crippen LogP contribution in [0.2, 0.25) is 0 Å². The van der Waals surface area contributed by atoms with Gasteiger partial charge in [0.05, 0.1) is 16.0 Å². The minimum Gasteiger partial charge on any atom is -0.478 e. The van der Waals surface area contributed by atoms with Crippen molar-refractivity contribution in [2.75, 3.05) is 34.4 Å². The maximum Gasteiger partial charge on any atom is 0.335 e. The van der Waals surface area contributed by atoms with Crippen LogP contribution in [0.5, 0.6) is 0 Å². The average Bonchev–Trinajstić information content (AvgIpc) is 2.88. The van der Waals surface area contributed by atoms with E-state index in [9.17, 15) is 33.0 Å². The van der Waals surface area contributed by atoms with Crippen LogP contribution in [-0.2, 0) is 10.0 Å². The molecular formula is C27H24N4O7S. The van der Waals surface area contributed by atoms with Gasteiger partial charge in [0.15, 0.2) is 0 Å². The average molecular weight is 549 g/mol. The van der Waals surface area contributed by atoms with Crippen molar-refractivity contribution in [3.05, 3.63) is 90.0 Å². The molecule has 0 fully saturated rings. The van der Waals surface area contributed by atoms with Crippen LogP contribution in [0.4, 0.5) is 27.5 Å². The molecule has 0 aromatic heterocycles. The molecule has 0 spiro atoms. The Morgan fingerprint density at radius 3 is 1.82 bits per heavy atom. The largest absolute Gasteiger partial charge is 0.478 e. The Labute approximate surface area is 223 Å². The molecule has 0 aliphatic heterocycles. The van der Waals surface area contributed by atoms with Crippen molar-refractivity contribution in [1.29, 1.82) is 0 Å². The zero-order valence-corrected chi connectivity index (χ0v) is 21.6. The summed E-state index contributed by atoms with van der Waals surface area (Å²) in [5.74, 6) is -2.69. The Hall–Kier alpha value is -5.10. The first-order chi connectivity index (χ1) is 18.4. The van der Waals surface area contributed by atoms with Crippen LogP contribution in [-0.4, -0.2) is 50.7 Å². The van der Waals surface area contributed by atoms with Crippen LogP contribution in [0.15, 0.2) is 83.8 Å². The number of nitrogens with one attached hydrogen (secondary N) is 3. The molecule has 0 atom stereocenters. The first-order valence-electron chi connectivity index (χ1n) is 11.5. The van der Waals surface area contributed by atoms with E-state index in [1.54, 1.807) is 18.2 Å². The number of rotatable bonds is 8. The van der Waals surface area contributed by atoms with Crippen LogP contribution in [0, 0.1) is 0 Å². The van der Waals surface area contributed by atoms with E-state index in [1.165, 1.54) is 30.3 Å². The fourth-order valence-corrected chi connectivity index (χ4v) is 5.24. The molecular weight excluding hydrogens is 524 g/mol. The summed E-state index contributed by atoms with van der Waals surface area (Å²) in [5, 5.41) is 24.6. The van der Waals surface area contributed by atoms with Crippen molar-refractivity contribution >= 4 is 61.5 Å². The normalized spacial score (nSPS) is 11.0. The van der Waals surface area contributed by atoms with Gasteiger partial charge < -0.3 is 25.7 Å². The van der Waals surface area contributed by atoms with Crippen molar-refractivity contribution in [2.24, 2.45) is 0 Å². The number of amides is 2. The van der Waals surface area contributed by atoms with Crippen molar-refractivity contribution in [1.82, 2.24) is 0 Å². The molecule has 4 aromatic carbocycles. The molecule has 12 heteroatoms. The summed E-state index contributed by atoms with van der Waals surface area (Å²) in [4.78, 5) is 37.0. The second-order valence-corrected chi connectivity index (χ2v) is 10.3. The third kappa shape index (κ3) is 6.08. The number of aromatic carboxylic acids is 2. The Bertz CT molecular complexity index is 1670. The summed E-state index contributed by atoms with van der Waals surface area (Å²) in [5.41, 5.74) is 0.830. The number of urea groups is 1. The summed E-state index contributed by atoms with van der Waals surface area (Å²) in [7, 11) is -0.186. The Balaban J connectivity index is 1.49. The molecule has 0 radical (unpaired) electrons. The van der Waals surface area contributed by atoms with E-state index in [0.29, 0.717) is 11.1 Å². The number of fused-ring (bicyclic) bond motifs is 1. The number of anilines is 4.